The van der Waals surface area contributed by atoms with Gasteiger partial charge in [-0.05, 0) is 19.4 Å². The van der Waals surface area contributed by atoms with Crippen LogP contribution in [0.2, 0.25) is 0 Å². The maximum Gasteiger partial charge on any atom is 0.127 e. The van der Waals surface area contributed by atoms with Gasteiger partial charge in [0.05, 0.1) is 27.7 Å². The van der Waals surface area contributed by atoms with Crippen molar-refractivity contribution < 1.29 is 9.80 Å². The first-order valence-corrected chi connectivity index (χ1v) is 4.78. The first kappa shape index (κ1) is 11.7. The summed E-state index contributed by atoms with van der Waals surface area (Å²) >= 11 is 0. The maximum atomic E-state index is 2.26. The van der Waals surface area contributed by atoms with Gasteiger partial charge in [-0.15, -0.1) is 0 Å². The zero-order chi connectivity index (χ0) is 9.56. The highest BCUT2D eigenvalue weighted by Gasteiger charge is 2.03. The zero-order valence-corrected chi connectivity index (χ0v) is 9.20. The summed E-state index contributed by atoms with van der Waals surface area (Å²) in [6.07, 6.45) is 2.20. The van der Waals surface area contributed by atoms with Crippen molar-refractivity contribution in [1.29, 1.82) is 0 Å². The molecule has 0 fully saturated rings. The lowest BCUT2D eigenvalue weighted by Gasteiger charge is -2.15. The third kappa shape index (κ3) is 6.38. The molecule has 1 atom stereocenters. The first-order valence-electron chi connectivity index (χ1n) is 4.78. The van der Waals surface area contributed by atoms with Gasteiger partial charge in [-0.1, -0.05) is 6.08 Å². The fourth-order valence-electron chi connectivity index (χ4n) is 1.13. The Labute approximate surface area is 76.9 Å². The number of hydrogen-bond donors (Lipinski definition) is 2. The Kier molecular flexibility index (Phi) is 6.03. The van der Waals surface area contributed by atoms with E-state index >= 15 is 0 Å². The van der Waals surface area contributed by atoms with Crippen LogP contribution in [0, 0.1) is 0 Å². The van der Waals surface area contributed by atoms with Crippen molar-refractivity contribution in [1.82, 2.24) is 0 Å². The van der Waals surface area contributed by atoms with Gasteiger partial charge in [-0.25, -0.2) is 0 Å². The number of rotatable bonds is 5. The van der Waals surface area contributed by atoms with Gasteiger partial charge in [0.15, 0.2) is 0 Å². The summed E-state index contributed by atoms with van der Waals surface area (Å²) < 4.78 is 0. The van der Waals surface area contributed by atoms with Crippen LogP contribution in [0.5, 0.6) is 0 Å². The predicted molar refractivity (Wildman–Crippen MR) is 53.7 cm³/mol. The summed E-state index contributed by atoms with van der Waals surface area (Å²) in [5.41, 5.74) is 1.49. The Morgan fingerprint density at radius 3 is 2.17 bits per heavy atom. The standard InChI is InChI=1S/C10H22N2/c1-6-10(2)9-12(5)8-7-11(3)4/h6H,7-9H2,1-5H3/p+2/b10-6+. The van der Waals surface area contributed by atoms with Crippen LogP contribution in [0.1, 0.15) is 13.8 Å². The summed E-state index contributed by atoms with van der Waals surface area (Å²) in [7, 11) is 6.67. The number of hydrogen-bond acceptors (Lipinski definition) is 0. The molecule has 0 amide bonds. The van der Waals surface area contributed by atoms with Gasteiger partial charge in [-0.3, -0.25) is 0 Å². The Morgan fingerprint density at radius 1 is 1.17 bits per heavy atom. The summed E-state index contributed by atoms with van der Waals surface area (Å²) in [6.45, 7) is 8.01. The average molecular weight is 172 g/mol. The fourth-order valence-corrected chi connectivity index (χ4v) is 1.13. The molecule has 0 rings (SSSR count). The third-order valence-corrected chi connectivity index (χ3v) is 2.13. The van der Waals surface area contributed by atoms with Gasteiger partial charge in [0.2, 0.25) is 0 Å². The van der Waals surface area contributed by atoms with E-state index in [1.807, 2.05) is 0 Å². The molecule has 0 saturated carbocycles. The van der Waals surface area contributed by atoms with E-state index in [9.17, 15) is 0 Å². The smallest absolute Gasteiger partial charge is 0.127 e. The van der Waals surface area contributed by atoms with Crippen molar-refractivity contribution in [3.8, 4) is 0 Å². The number of nitrogens with one attached hydrogen (secondary N) is 2. The number of quaternary nitrogens is 2. The lowest BCUT2D eigenvalue weighted by Crippen LogP contribution is -3.16. The molecule has 0 aliphatic heterocycles. The zero-order valence-electron chi connectivity index (χ0n) is 9.20. The molecule has 0 aromatic heterocycles. The van der Waals surface area contributed by atoms with Crippen LogP contribution < -0.4 is 9.80 Å². The quantitative estimate of drug-likeness (QED) is 0.473. The van der Waals surface area contributed by atoms with Crippen LogP contribution >= 0.6 is 0 Å². The van der Waals surface area contributed by atoms with Crippen LogP contribution in [0.3, 0.4) is 0 Å². The van der Waals surface area contributed by atoms with E-state index < -0.39 is 0 Å². The Morgan fingerprint density at radius 2 is 1.75 bits per heavy atom. The largest absolute Gasteiger partial charge is 0.335 e. The van der Waals surface area contributed by atoms with E-state index in [1.165, 1.54) is 30.1 Å². The van der Waals surface area contributed by atoms with Crippen LogP contribution in [0.4, 0.5) is 0 Å². The molecule has 2 nitrogen and oxygen atoms in total. The van der Waals surface area contributed by atoms with Crippen molar-refractivity contribution in [2.75, 3.05) is 40.8 Å². The lowest BCUT2D eigenvalue weighted by atomic mass is 10.3. The molecule has 0 heterocycles. The minimum absolute atomic E-state index is 1.18. The molecule has 2 heteroatoms. The van der Waals surface area contributed by atoms with E-state index in [0.717, 1.165) is 0 Å². The lowest BCUT2D eigenvalue weighted by molar-refractivity contribution is -0.926. The van der Waals surface area contributed by atoms with Gasteiger partial charge in [0, 0.05) is 0 Å². The summed E-state index contributed by atoms with van der Waals surface area (Å²) in [4.78, 5) is 3.14. The van der Waals surface area contributed by atoms with E-state index in [-0.39, 0.29) is 0 Å². The molecule has 0 spiro atoms. The van der Waals surface area contributed by atoms with E-state index in [2.05, 4.69) is 41.1 Å². The topological polar surface area (TPSA) is 8.88 Å². The van der Waals surface area contributed by atoms with E-state index in [4.69, 9.17) is 0 Å². The summed E-state index contributed by atoms with van der Waals surface area (Å²) in [5, 5.41) is 0. The van der Waals surface area contributed by atoms with Gasteiger partial charge in [0.1, 0.15) is 13.1 Å². The van der Waals surface area contributed by atoms with Crippen molar-refractivity contribution in [2.24, 2.45) is 0 Å². The molecule has 1 unspecified atom stereocenters. The Balaban J connectivity index is 3.53. The monoisotopic (exact) mass is 172 g/mol. The van der Waals surface area contributed by atoms with Gasteiger partial charge >= 0.3 is 0 Å². The van der Waals surface area contributed by atoms with Gasteiger partial charge in [-0.2, -0.15) is 0 Å². The van der Waals surface area contributed by atoms with Crippen molar-refractivity contribution >= 4 is 0 Å². The highest BCUT2D eigenvalue weighted by atomic mass is 15.1. The highest BCUT2D eigenvalue weighted by molar-refractivity contribution is 4.94. The minimum atomic E-state index is 1.18. The second kappa shape index (κ2) is 6.21. The van der Waals surface area contributed by atoms with Gasteiger partial charge in [0.25, 0.3) is 0 Å². The molecule has 12 heavy (non-hydrogen) atoms. The van der Waals surface area contributed by atoms with Crippen LogP contribution in [0.15, 0.2) is 11.6 Å². The van der Waals surface area contributed by atoms with Crippen LogP contribution in [-0.4, -0.2) is 40.8 Å². The van der Waals surface area contributed by atoms with Gasteiger partial charge < -0.3 is 9.80 Å². The molecule has 0 bridgehead atoms. The maximum absolute atomic E-state index is 2.26. The highest BCUT2D eigenvalue weighted by Crippen LogP contribution is 1.83. The minimum Gasteiger partial charge on any atom is -0.335 e. The molecule has 0 radical (unpaired) electrons. The predicted octanol–water partition coefficient (Wildman–Crippen LogP) is -1.39. The third-order valence-electron chi connectivity index (χ3n) is 2.13. The molecule has 72 valence electrons. The van der Waals surface area contributed by atoms with E-state index in [0.29, 0.717) is 0 Å². The number of likely N-dealkylation sites (N-methyl/N-ethyl adjacent to an activating group) is 2. The Hall–Kier alpha value is -0.340. The van der Waals surface area contributed by atoms with Crippen molar-refractivity contribution in [3.05, 3.63) is 11.6 Å². The normalized spacial score (nSPS) is 15.3. The van der Waals surface area contributed by atoms with Crippen molar-refractivity contribution in [3.63, 3.8) is 0 Å². The molecule has 0 aliphatic rings. The molecule has 0 aromatic carbocycles. The summed E-state index contributed by atoms with van der Waals surface area (Å²) in [6, 6.07) is 0. The second-order valence-electron chi connectivity index (χ2n) is 3.98. The Bertz CT molecular complexity index is 139. The first-order chi connectivity index (χ1) is 5.56. The SMILES string of the molecule is C/C=C(\C)C[NH+](C)CC[NH+](C)C. The molecule has 0 aliphatic carbocycles. The number of allylic oxidation sites excluding steroid dienone is 1. The van der Waals surface area contributed by atoms with E-state index in [1.54, 1.807) is 4.90 Å². The average Bonchev–Trinajstić information content (AvgIpc) is 2.00. The molecular weight excluding hydrogens is 148 g/mol. The molecule has 2 N–H and O–H groups in total. The molecule has 0 saturated heterocycles. The van der Waals surface area contributed by atoms with Crippen LogP contribution in [-0.2, 0) is 0 Å². The van der Waals surface area contributed by atoms with Crippen molar-refractivity contribution in [2.45, 2.75) is 13.8 Å². The summed E-state index contributed by atoms with van der Waals surface area (Å²) in [5.74, 6) is 0. The molecular formula is C10H24N2+2. The van der Waals surface area contributed by atoms with Crippen LogP contribution in [0.25, 0.3) is 0 Å². The molecule has 0 aromatic rings. The second-order valence-corrected chi connectivity index (χ2v) is 3.98. The fraction of sp³-hybridized carbons (Fsp3) is 0.800.